The second kappa shape index (κ2) is 6.71. The molecule has 1 atom stereocenters. The number of carbonyl (C=O) groups is 2. The Labute approximate surface area is 121 Å². The Bertz CT molecular complexity index is 488. The zero-order valence-electron chi connectivity index (χ0n) is 11.3. The fourth-order valence-corrected chi connectivity index (χ4v) is 3.06. The lowest BCUT2D eigenvalue weighted by Gasteiger charge is -2.27. The molecule has 0 saturated heterocycles. The maximum absolute atomic E-state index is 12.1. The van der Waals surface area contributed by atoms with Gasteiger partial charge < -0.3 is 20.1 Å². The molecule has 2 amide bonds. The number of aliphatic carboxylic acids is 1. The Kier molecular flexibility index (Phi) is 4.97. The van der Waals surface area contributed by atoms with Crippen LogP contribution < -0.4 is 5.32 Å². The lowest BCUT2D eigenvalue weighted by Crippen LogP contribution is -2.45. The highest BCUT2D eigenvalue weighted by molar-refractivity contribution is 7.10. The van der Waals surface area contributed by atoms with Gasteiger partial charge in [0, 0.05) is 31.6 Å². The Morgan fingerprint density at radius 2 is 2.40 bits per heavy atom. The topological polar surface area (TPSA) is 78.9 Å². The highest BCUT2D eigenvalue weighted by atomic mass is 32.1. The first kappa shape index (κ1) is 14.8. The summed E-state index contributed by atoms with van der Waals surface area (Å²) < 4.78 is 5.03. The molecule has 0 spiro atoms. The zero-order valence-corrected chi connectivity index (χ0v) is 12.1. The van der Waals surface area contributed by atoms with Crippen LogP contribution in [-0.4, -0.2) is 48.3 Å². The maximum atomic E-state index is 12.1. The number of carboxylic acids is 1. The lowest BCUT2D eigenvalue weighted by molar-refractivity contribution is -0.139. The standard InChI is InChI=1S/C13H18N2O4S/c1-19-10(6-12(16)17)7-14-13(18)15-4-2-11-9(8-15)3-5-20-11/h3,5,10H,2,4,6-8H2,1H3,(H,14,18)(H,16,17). The van der Waals surface area contributed by atoms with Crippen molar-refractivity contribution in [3.63, 3.8) is 0 Å². The van der Waals surface area contributed by atoms with Crippen molar-refractivity contribution in [3.8, 4) is 0 Å². The van der Waals surface area contributed by atoms with Crippen molar-refractivity contribution in [2.24, 2.45) is 0 Å². The molecule has 0 saturated carbocycles. The molecule has 0 aromatic carbocycles. The van der Waals surface area contributed by atoms with E-state index in [1.807, 2.05) is 11.4 Å². The summed E-state index contributed by atoms with van der Waals surface area (Å²) in [5.74, 6) is -0.938. The average molecular weight is 298 g/mol. The Morgan fingerprint density at radius 3 is 3.10 bits per heavy atom. The van der Waals surface area contributed by atoms with E-state index in [-0.39, 0.29) is 19.0 Å². The Hall–Kier alpha value is -1.60. The summed E-state index contributed by atoms with van der Waals surface area (Å²) in [5.41, 5.74) is 1.20. The van der Waals surface area contributed by atoms with Crippen molar-refractivity contribution in [2.45, 2.75) is 25.5 Å². The first-order chi connectivity index (χ1) is 9.60. The molecule has 7 heteroatoms. The van der Waals surface area contributed by atoms with Crippen LogP contribution in [0.3, 0.4) is 0 Å². The van der Waals surface area contributed by atoms with Crippen LogP contribution in [0.4, 0.5) is 4.79 Å². The third-order valence-electron chi connectivity index (χ3n) is 3.31. The molecule has 110 valence electrons. The molecule has 2 N–H and O–H groups in total. The molecule has 0 aliphatic carbocycles. The predicted octanol–water partition coefficient (Wildman–Crippen LogP) is 1.31. The van der Waals surface area contributed by atoms with E-state index in [0.717, 1.165) is 6.42 Å². The van der Waals surface area contributed by atoms with E-state index in [2.05, 4.69) is 5.32 Å². The fraction of sp³-hybridized carbons (Fsp3) is 0.538. The van der Waals surface area contributed by atoms with Gasteiger partial charge in [0.15, 0.2) is 0 Å². The molecule has 20 heavy (non-hydrogen) atoms. The van der Waals surface area contributed by atoms with Gasteiger partial charge in [-0.3, -0.25) is 4.79 Å². The highest BCUT2D eigenvalue weighted by Crippen LogP contribution is 2.23. The molecule has 6 nitrogen and oxygen atoms in total. The van der Waals surface area contributed by atoms with Crippen molar-refractivity contribution in [1.29, 1.82) is 0 Å². The molecule has 1 aromatic rings. The normalized spacial score (nSPS) is 15.6. The molecule has 0 fully saturated rings. The molecular weight excluding hydrogens is 280 g/mol. The monoisotopic (exact) mass is 298 g/mol. The summed E-state index contributed by atoms with van der Waals surface area (Å²) in [6.45, 7) is 1.51. The summed E-state index contributed by atoms with van der Waals surface area (Å²) in [7, 11) is 1.44. The van der Waals surface area contributed by atoms with Gasteiger partial charge in [0.1, 0.15) is 0 Å². The van der Waals surface area contributed by atoms with E-state index >= 15 is 0 Å². The maximum Gasteiger partial charge on any atom is 0.317 e. The molecule has 1 unspecified atom stereocenters. The van der Waals surface area contributed by atoms with Gasteiger partial charge in [-0.05, 0) is 23.4 Å². The number of amides is 2. The van der Waals surface area contributed by atoms with Crippen LogP contribution >= 0.6 is 11.3 Å². The fourth-order valence-electron chi connectivity index (χ4n) is 2.17. The molecule has 1 aliphatic rings. The van der Waals surface area contributed by atoms with E-state index in [0.29, 0.717) is 13.1 Å². The average Bonchev–Trinajstić information content (AvgIpc) is 2.89. The first-order valence-electron chi connectivity index (χ1n) is 6.42. The molecular formula is C13H18N2O4S. The number of ether oxygens (including phenoxy) is 1. The predicted molar refractivity (Wildman–Crippen MR) is 74.9 cm³/mol. The van der Waals surface area contributed by atoms with E-state index in [1.165, 1.54) is 17.6 Å². The van der Waals surface area contributed by atoms with Crippen LogP contribution in [0.5, 0.6) is 0 Å². The lowest BCUT2D eigenvalue weighted by atomic mass is 10.1. The van der Waals surface area contributed by atoms with Crippen molar-refractivity contribution in [3.05, 3.63) is 21.9 Å². The number of thiophene rings is 1. The van der Waals surface area contributed by atoms with E-state index in [9.17, 15) is 9.59 Å². The van der Waals surface area contributed by atoms with Crippen LogP contribution in [0.15, 0.2) is 11.4 Å². The minimum absolute atomic E-state index is 0.120. The van der Waals surface area contributed by atoms with Gasteiger partial charge >= 0.3 is 12.0 Å². The van der Waals surface area contributed by atoms with E-state index in [4.69, 9.17) is 9.84 Å². The molecule has 1 aromatic heterocycles. The SMILES string of the molecule is COC(CNC(=O)N1CCc2sccc2C1)CC(=O)O. The van der Waals surface area contributed by atoms with Gasteiger partial charge in [-0.15, -0.1) is 11.3 Å². The van der Waals surface area contributed by atoms with Crippen LogP contribution in [0, 0.1) is 0 Å². The van der Waals surface area contributed by atoms with Crippen LogP contribution in [0.25, 0.3) is 0 Å². The highest BCUT2D eigenvalue weighted by Gasteiger charge is 2.22. The van der Waals surface area contributed by atoms with Crippen molar-refractivity contribution < 1.29 is 19.4 Å². The molecule has 0 radical (unpaired) electrons. The number of carboxylic acid groups (broad SMARTS) is 1. The minimum atomic E-state index is -0.938. The number of methoxy groups -OCH3 is 1. The second-order valence-corrected chi connectivity index (χ2v) is 5.68. The van der Waals surface area contributed by atoms with Gasteiger partial charge in [0.05, 0.1) is 12.5 Å². The number of rotatable bonds is 5. The molecule has 2 heterocycles. The summed E-state index contributed by atoms with van der Waals surface area (Å²) >= 11 is 1.72. The minimum Gasteiger partial charge on any atom is -0.481 e. The second-order valence-electron chi connectivity index (χ2n) is 4.68. The van der Waals surface area contributed by atoms with Gasteiger partial charge in [-0.2, -0.15) is 0 Å². The third-order valence-corrected chi connectivity index (χ3v) is 4.33. The summed E-state index contributed by atoms with van der Waals surface area (Å²) in [4.78, 5) is 25.8. The van der Waals surface area contributed by atoms with Crippen LogP contribution in [0.1, 0.15) is 16.9 Å². The number of fused-ring (bicyclic) bond motifs is 1. The molecule has 1 aliphatic heterocycles. The number of nitrogens with zero attached hydrogens (tertiary/aromatic N) is 1. The number of carbonyl (C=O) groups excluding carboxylic acids is 1. The van der Waals surface area contributed by atoms with Gasteiger partial charge in [-0.25, -0.2) is 4.79 Å². The van der Waals surface area contributed by atoms with Crippen LogP contribution in [0.2, 0.25) is 0 Å². The molecule has 0 bridgehead atoms. The third kappa shape index (κ3) is 3.71. The Balaban J connectivity index is 1.82. The van der Waals surface area contributed by atoms with Gasteiger partial charge in [0.2, 0.25) is 0 Å². The molecule has 2 rings (SSSR count). The number of hydrogen-bond acceptors (Lipinski definition) is 4. The van der Waals surface area contributed by atoms with E-state index < -0.39 is 12.1 Å². The summed E-state index contributed by atoms with van der Waals surface area (Å²) in [6.07, 6.45) is 0.257. The zero-order chi connectivity index (χ0) is 14.5. The first-order valence-corrected chi connectivity index (χ1v) is 7.30. The Morgan fingerprint density at radius 1 is 1.60 bits per heavy atom. The van der Waals surface area contributed by atoms with Crippen molar-refractivity contribution >= 4 is 23.3 Å². The van der Waals surface area contributed by atoms with Gasteiger partial charge in [0.25, 0.3) is 0 Å². The van der Waals surface area contributed by atoms with Crippen LogP contribution in [-0.2, 0) is 22.5 Å². The summed E-state index contributed by atoms with van der Waals surface area (Å²) in [5, 5.41) is 13.5. The largest absolute Gasteiger partial charge is 0.481 e. The van der Waals surface area contributed by atoms with Crippen molar-refractivity contribution in [2.75, 3.05) is 20.2 Å². The number of hydrogen-bond donors (Lipinski definition) is 2. The quantitative estimate of drug-likeness (QED) is 0.859. The smallest absolute Gasteiger partial charge is 0.317 e. The van der Waals surface area contributed by atoms with Crippen molar-refractivity contribution in [1.82, 2.24) is 10.2 Å². The van der Waals surface area contributed by atoms with E-state index in [1.54, 1.807) is 16.2 Å². The number of nitrogens with one attached hydrogen (secondary N) is 1. The van der Waals surface area contributed by atoms with Gasteiger partial charge in [-0.1, -0.05) is 0 Å². The summed E-state index contributed by atoms with van der Waals surface area (Å²) in [6, 6.07) is 1.87. The number of urea groups is 1.